The Bertz CT molecular complexity index is 235. The van der Waals surface area contributed by atoms with Crippen LogP contribution in [0.15, 0.2) is 0 Å². The summed E-state index contributed by atoms with van der Waals surface area (Å²) >= 11 is 0. The third kappa shape index (κ3) is 15.0. The minimum absolute atomic E-state index is 0.317. The maximum Gasteiger partial charge on any atom is 0.303 e. The van der Waals surface area contributed by atoms with Crippen molar-refractivity contribution in [1.29, 1.82) is 0 Å². The number of carboxylic acid groups (broad SMARTS) is 1. The number of rotatable bonds is 10. The molecule has 0 unspecified atom stereocenters. The zero-order valence-electron chi connectivity index (χ0n) is 11.1. The van der Waals surface area contributed by atoms with Crippen molar-refractivity contribution in [2.24, 2.45) is 0 Å². The normalized spacial score (nSPS) is 9.71. The molecule has 0 aromatic rings. The second-order valence-electron chi connectivity index (χ2n) is 4.47. The van der Waals surface area contributed by atoms with E-state index >= 15 is 0 Å². The van der Waals surface area contributed by atoms with Crippen molar-refractivity contribution in [2.45, 2.75) is 77.6 Å². The van der Waals surface area contributed by atoms with Crippen LogP contribution in [0.1, 0.15) is 77.6 Å². The number of aliphatic carboxylic acids is 1. The van der Waals surface area contributed by atoms with Gasteiger partial charge in [-0.05, 0) is 19.3 Å². The SMILES string of the molecule is CCCCCC#CCCCCCCCC(=O)O. The van der Waals surface area contributed by atoms with Crippen molar-refractivity contribution in [1.82, 2.24) is 0 Å². The van der Waals surface area contributed by atoms with E-state index in [9.17, 15) is 4.79 Å². The second kappa shape index (κ2) is 13.1. The van der Waals surface area contributed by atoms with E-state index in [2.05, 4.69) is 18.8 Å². The first kappa shape index (κ1) is 16.0. The summed E-state index contributed by atoms with van der Waals surface area (Å²) in [6.07, 6.45) is 11.5. The molecule has 0 bridgehead atoms. The highest BCUT2D eigenvalue weighted by Gasteiger charge is 1.95. The van der Waals surface area contributed by atoms with Gasteiger partial charge < -0.3 is 5.11 Å². The van der Waals surface area contributed by atoms with Crippen LogP contribution in [0.3, 0.4) is 0 Å². The minimum Gasteiger partial charge on any atom is -0.481 e. The van der Waals surface area contributed by atoms with Crippen LogP contribution in [-0.4, -0.2) is 11.1 Å². The van der Waals surface area contributed by atoms with Gasteiger partial charge in [0.1, 0.15) is 0 Å². The highest BCUT2D eigenvalue weighted by molar-refractivity contribution is 5.66. The zero-order valence-corrected chi connectivity index (χ0v) is 11.1. The van der Waals surface area contributed by atoms with Crippen LogP contribution in [0.5, 0.6) is 0 Å². The van der Waals surface area contributed by atoms with Crippen molar-refractivity contribution >= 4 is 5.97 Å². The first-order valence-corrected chi connectivity index (χ1v) is 6.95. The van der Waals surface area contributed by atoms with Crippen LogP contribution in [-0.2, 0) is 4.79 Å². The van der Waals surface area contributed by atoms with Gasteiger partial charge in [-0.1, -0.05) is 39.0 Å². The Morgan fingerprint density at radius 1 is 0.882 bits per heavy atom. The molecule has 0 atom stereocenters. The van der Waals surface area contributed by atoms with Gasteiger partial charge in [0.25, 0.3) is 0 Å². The zero-order chi connectivity index (χ0) is 12.8. The fourth-order valence-electron chi connectivity index (χ4n) is 1.66. The number of hydrogen-bond donors (Lipinski definition) is 1. The smallest absolute Gasteiger partial charge is 0.303 e. The van der Waals surface area contributed by atoms with Gasteiger partial charge in [0, 0.05) is 19.3 Å². The molecule has 0 saturated heterocycles. The van der Waals surface area contributed by atoms with Crippen molar-refractivity contribution in [3.8, 4) is 11.8 Å². The van der Waals surface area contributed by atoms with E-state index in [1.165, 1.54) is 25.7 Å². The first-order valence-electron chi connectivity index (χ1n) is 6.95. The standard InChI is InChI=1S/C15H26O2/c1-2-3-4-5-6-7-8-9-10-11-12-13-14-15(16)17/h2-5,8-14H2,1H3,(H,16,17). The number of carbonyl (C=O) groups is 1. The summed E-state index contributed by atoms with van der Waals surface area (Å²) < 4.78 is 0. The molecule has 17 heavy (non-hydrogen) atoms. The number of unbranched alkanes of at least 4 members (excludes halogenated alkanes) is 8. The van der Waals surface area contributed by atoms with Crippen molar-refractivity contribution in [3.63, 3.8) is 0 Å². The van der Waals surface area contributed by atoms with Gasteiger partial charge in [-0.3, -0.25) is 4.79 Å². The molecule has 0 radical (unpaired) electrons. The fourth-order valence-corrected chi connectivity index (χ4v) is 1.66. The maximum atomic E-state index is 10.3. The molecule has 1 N–H and O–H groups in total. The van der Waals surface area contributed by atoms with Gasteiger partial charge in [0.05, 0.1) is 0 Å². The molecular weight excluding hydrogens is 212 g/mol. The molecule has 0 aliphatic rings. The summed E-state index contributed by atoms with van der Waals surface area (Å²) in [5.74, 6) is 5.74. The monoisotopic (exact) mass is 238 g/mol. The molecule has 2 heteroatoms. The topological polar surface area (TPSA) is 37.3 Å². The average molecular weight is 238 g/mol. The Morgan fingerprint density at radius 3 is 2.00 bits per heavy atom. The molecule has 0 aromatic heterocycles. The van der Waals surface area contributed by atoms with Gasteiger partial charge in [-0.25, -0.2) is 0 Å². The molecule has 0 fully saturated rings. The number of carboxylic acids is 1. The Kier molecular flexibility index (Phi) is 12.3. The van der Waals surface area contributed by atoms with E-state index < -0.39 is 5.97 Å². The molecule has 98 valence electrons. The summed E-state index contributed by atoms with van der Waals surface area (Å²) in [7, 11) is 0. The Labute approximate surface area is 106 Å². The molecule has 0 aliphatic carbocycles. The third-order valence-corrected chi connectivity index (χ3v) is 2.72. The summed E-state index contributed by atoms with van der Waals surface area (Å²) in [6.45, 7) is 2.21. The quantitative estimate of drug-likeness (QED) is 0.453. The van der Waals surface area contributed by atoms with Crippen LogP contribution >= 0.6 is 0 Å². The predicted molar refractivity (Wildman–Crippen MR) is 71.9 cm³/mol. The van der Waals surface area contributed by atoms with Gasteiger partial charge in [0.2, 0.25) is 0 Å². The lowest BCUT2D eigenvalue weighted by atomic mass is 10.1. The van der Waals surface area contributed by atoms with Crippen LogP contribution in [0.4, 0.5) is 0 Å². The Hall–Kier alpha value is -0.970. The van der Waals surface area contributed by atoms with Crippen LogP contribution in [0.25, 0.3) is 0 Å². The molecule has 0 aromatic carbocycles. The molecule has 0 amide bonds. The lowest BCUT2D eigenvalue weighted by Gasteiger charge is -1.97. The van der Waals surface area contributed by atoms with Crippen LogP contribution < -0.4 is 0 Å². The molecule has 0 spiro atoms. The van der Waals surface area contributed by atoms with Crippen molar-refractivity contribution in [3.05, 3.63) is 0 Å². The first-order chi connectivity index (χ1) is 8.27. The van der Waals surface area contributed by atoms with Gasteiger partial charge >= 0.3 is 5.97 Å². The highest BCUT2D eigenvalue weighted by Crippen LogP contribution is 2.06. The molecule has 0 saturated carbocycles. The second-order valence-corrected chi connectivity index (χ2v) is 4.47. The summed E-state index contributed by atoms with van der Waals surface area (Å²) in [5.41, 5.74) is 0. The largest absolute Gasteiger partial charge is 0.481 e. The number of hydrogen-bond acceptors (Lipinski definition) is 1. The van der Waals surface area contributed by atoms with Gasteiger partial charge in [0.15, 0.2) is 0 Å². The highest BCUT2D eigenvalue weighted by atomic mass is 16.4. The lowest BCUT2D eigenvalue weighted by molar-refractivity contribution is -0.137. The Balaban J connectivity index is 3.09. The van der Waals surface area contributed by atoms with E-state index in [4.69, 9.17) is 5.11 Å². The maximum absolute atomic E-state index is 10.3. The lowest BCUT2D eigenvalue weighted by Crippen LogP contribution is -1.93. The Morgan fingerprint density at radius 2 is 1.41 bits per heavy atom. The van der Waals surface area contributed by atoms with E-state index in [1.54, 1.807) is 0 Å². The van der Waals surface area contributed by atoms with Gasteiger partial charge in [-0.15, -0.1) is 11.8 Å². The average Bonchev–Trinajstić information content (AvgIpc) is 2.30. The molecule has 0 rings (SSSR count). The molecular formula is C15H26O2. The molecule has 2 nitrogen and oxygen atoms in total. The summed E-state index contributed by atoms with van der Waals surface area (Å²) in [5, 5.41) is 8.46. The van der Waals surface area contributed by atoms with Crippen LogP contribution in [0.2, 0.25) is 0 Å². The van der Waals surface area contributed by atoms with E-state index in [0.717, 1.165) is 38.5 Å². The van der Waals surface area contributed by atoms with Crippen LogP contribution in [0, 0.1) is 11.8 Å². The predicted octanol–water partition coefficient (Wildman–Crippen LogP) is 4.39. The van der Waals surface area contributed by atoms with E-state index in [1.807, 2.05) is 0 Å². The van der Waals surface area contributed by atoms with E-state index in [0.29, 0.717) is 6.42 Å². The fraction of sp³-hybridized carbons (Fsp3) is 0.800. The minimum atomic E-state index is -0.678. The summed E-state index contributed by atoms with van der Waals surface area (Å²) in [6, 6.07) is 0. The molecule has 0 heterocycles. The van der Waals surface area contributed by atoms with Crippen molar-refractivity contribution in [2.75, 3.05) is 0 Å². The van der Waals surface area contributed by atoms with Gasteiger partial charge in [-0.2, -0.15) is 0 Å². The van der Waals surface area contributed by atoms with Crippen molar-refractivity contribution < 1.29 is 9.90 Å². The third-order valence-electron chi connectivity index (χ3n) is 2.72. The summed E-state index contributed by atoms with van der Waals surface area (Å²) in [4.78, 5) is 10.3. The van der Waals surface area contributed by atoms with E-state index in [-0.39, 0.29) is 0 Å². The molecule has 0 aliphatic heterocycles.